The van der Waals surface area contributed by atoms with Crippen molar-refractivity contribution in [3.8, 4) is 0 Å². The molecule has 2 aromatic rings. The smallest absolute Gasteiger partial charge is 0.170 e. The lowest BCUT2D eigenvalue weighted by Crippen LogP contribution is -2.16. The number of anilines is 1. The molecule has 0 atom stereocenters. The van der Waals surface area contributed by atoms with Crippen molar-refractivity contribution >= 4 is 34.1 Å². The molecular weight excluding hydrogens is 353 g/mol. The van der Waals surface area contributed by atoms with Crippen LogP contribution < -0.4 is 11.1 Å². The molecule has 98 valence electrons. The van der Waals surface area contributed by atoms with Crippen molar-refractivity contribution in [2.24, 2.45) is 10.9 Å². The third-order valence-electron chi connectivity index (χ3n) is 2.73. The van der Waals surface area contributed by atoms with Gasteiger partial charge in [-0.15, -0.1) is 0 Å². The normalized spacial score (nSPS) is 11.3. The Morgan fingerprint density at radius 3 is 2.53 bits per heavy atom. The number of nitrogens with two attached hydrogens (primary N) is 1. The average molecular weight is 367 g/mol. The molecule has 0 aliphatic carbocycles. The summed E-state index contributed by atoms with van der Waals surface area (Å²) >= 11 is 2.27. The van der Waals surface area contributed by atoms with Crippen LogP contribution in [-0.4, -0.2) is 11.0 Å². The maximum absolute atomic E-state index is 8.77. The summed E-state index contributed by atoms with van der Waals surface area (Å²) < 4.78 is 1.19. The Morgan fingerprint density at radius 1 is 1.16 bits per heavy atom. The van der Waals surface area contributed by atoms with Crippen molar-refractivity contribution in [1.82, 2.24) is 0 Å². The summed E-state index contributed by atoms with van der Waals surface area (Å²) in [6.07, 6.45) is 0. The first kappa shape index (κ1) is 13.7. The first-order valence-corrected chi connectivity index (χ1v) is 6.84. The predicted molar refractivity (Wildman–Crippen MR) is 85.4 cm³/mol. The van der Waals surface area contributed by atoms with E-state index in [9.17, 15) is 0 Å². The Bertz CT molecular complexity index is 581. The number of hydrogen-bond acceptors (Lipinski definition) is 3. The highest BCUT2D eigenvalue weighted by Crippen LogP contribution is 2.14. The third kappa shape index (κ3) is 3.60. The molecule has 5 heteroatoms. The van der Waals surface area contributed by atoms with Gasteiger partial charge in [0, 0.05) is 21.4 Å². The van der Waals surface area contributed by atoms with Crippen LogP contribution in [0.2, 0.25) is 0 Å². The number of hydrogen-bond donors (Lipinski definition) is 3. The number of oxime groups is 1. The molecule has 4 N–H and O–H groups in total. The Kier molecular flexibility index (Phi) is 4.62. The van der Waals surface area contributed by atoms with Crippen LogP contribution in [0.4, 0.5) is 5.69 Å². The topological polar surface area (TPSA) is 70.6 Å². The number of nitrogens with zero attached hydrogens (tertiary/aromatic N) is 1. The van der Waals surface area contributed by atoms with Crippen LogP contribution in [0.5, 0.6) is 0 Å². The second kappa shape index (κ2) is 6.42. The fourth-order valence-corrected chi connectivity index (χ4v) is 2.10. The summed E-state index contributed by atoms with van der Waals surface area (Å²) in [5.74, 6) is 0.125. The van der Waals surface area contributed by atoms with Crippen LogP contribution in [-0.2, 0) is 6.54 Å². The van der Waals surface area contributed by atoms with E-state index in [0.29, 0.717) is 6.54 Å². The van der Waals surface area contributed by atoms with E-state index in [0.717, 1.165) is 16.8 Å². The Morgan fingerprint density at radius 2 is 1.84 bits per heavy atom. The van der Waals surface area contributed by atoms with Crippen molar-refractivity contribution in [2.75, 3.05) is 5.32 Å². The number of nitrogens with one attached hydrogen (secondary N) is 1. The molecule has 0 saturated carbocycles. The highest BCUT2D eigenvalue weighted by molar-refractivity contribution is 14.1. The lowest BCUT2D eigenvalue weighted by molar-refractivity contribution is 0.318. The molecule has 0 spiro atoms. The standard InChI is InChI=1S/C14H14IN3O/c15-11-5-7-12(8-6-11)17-9-10-3-1-2-4-13(10)14(16)18-19/h1-8,17,19H,9H2,(H2,16,18). The second-order valence-corrected chi connectivity index (χ2v) is 5.25. The molecule has 0 bridgehead atoms. The van der Waals surface area contributed by atoms with E-state index >= 15 is 0 Å². The Balaban J connectivity index is 2.13. The van der Waals surface area contributed by atoms with Gasteiger partial charge in [-0.25, -0.2) is 0 Å². The number of rotatable bonds is 4. The number of amidine groups is 1. The quantitative estimate of drug-likeness (QED) is 0.256. The minimum atomic E-state index is 0.125. The first-order valence-electron chi connectivity index (χ1n) is 5.76. The Hall–Kier alpha value is -1.76. The van der Waals surface area contributed by atoms with Gasteiger partial charge in [0.1, 0.15) is 0 Å². The lowest BCUT2D eigenvalue weighted by atomic mass is 10.1. The first-order chi connectivity index (χ1) is 9.20. The van der Waals surface area contributed by atoms with Gasteiger partial charge in [0.15, 0.2) is 5.84 Å². The fraction of sp³-hybridized carbons (Fsp3) is 0.0714. The predicted octanol–water partition coefficient (Wildman–Crippen LogP) is 3.00. The summed E-state index contributed by atoms with van der Waals surface area (Å²) in [4.78, 5) is 0. The van der Waals surface area contributed by atoms with E-state index < -0.39 is 0 Å². The summed E-state index contributed by atoms with van der Waals surface area (Å²) in [5, 5.41) is 15.1. The van der Waals surface area contributed by atoms with Crippen molar-refractivity contribution in [3.05, 3.63) is 63.2 Å². The van der Waals surface area contributed by atoms with Crippen molar-refractivity contribution < 1.29 is 5.21 Å². The zero-order valence-corrected chi connectivity index (χ0v) is 12.3. The second-order valence-electron chi connectivity index (χ2n) is 4.00. The molecule has 0 heterocycles. The van der Waals surface area contributed by atoms with Gasteiger partial charge in [-0.05, 0) is 52.4 Å². The third-order valence-corrected chi connectivity index (χ3v) is 3.45. The summed E-state index contributed by atoms with van der Waals surface area (Å²) in [6, 6.07) is 15.7. The van der Waals surface area contributed by atoms with Crippen molar-refractivity contribution in [3.63, 3.8) is 0 Å². The number of halogens is 1. The minimum absolute atomic E-state index is 0.125. The molecule has 4 nitrogen and oxygen atoms in total. The molecular formula is C14H14IN3O. The highest BCUT2D eigenvalue weighted by atomic mass is 127. The van der Waals surface area contributed by atoms with E-state index in [4.69, 9.17) is 10.9 Å². The van der Waals surface area contributed by atoms with E-state index in [2.05, 4.69) is 33.1 Å². The van der Waals surface area contributed by atoms with Gasteiger partial charge in [-0.3, -0.25) is 0 Å². The molecule has 0 fully saturated rings. The molecule has 0 saturated heterocycles. The van der Waals surface area contributed by atoms with E-state index in [1.807, 2.05) is 48.5 Å². The maximum atomic E-state index is 8.77. The van der Waals surface area contributed by atoms with E-state index in [1.165, 1.54) is 3.57 Å². The molecule has 19 heavy (non-hydrogen) atoms. The van der Waals surface area contributed by atoms with Gasteiger partial charge in [0.25, 0.3) is 0 Å². The van der Waals surface area contributed by atoms with Gasteiger partial charge in [0.05, 0.1) is 0 Å². The van der Waals surface area contributed by atoms with Gasteiger partial charge >= 0.3 is 0 Å². The monoisotopic (exact) mass is 367 g/mol. The van der Waals surface area contributed by atoms with Crippen LogP contribution in [0.1, 0.15) is 11.1 Å². The largest absolute Gasteiger partial charge is 0.409 e. The zero-order chi connectivity index (χ0) is 13.7. The zero-order valence-electron chi connectivity index (χ0n) is 10.2. The molecule has 0 aromatic heterocycles. The van der Waals surface area contributed by atoms with Crippen molar-refractivity contribution in [1.29, 1.82) is 0 Å². The van der Waals surface area contributed by atoms with E-state index in [-0.39, 0.29) is 5.84 Å². The lowest BCUT2D eigenvalue weighted by Gasteiger charge is -2.10. The summed E-state index contributed by atoms with van der Waals surface area (Å²) in [5.41, 5.74) is 8.41. The number of benzene rings is 2. The molecule has 0 aliphatic heterocycles. The molecule has 0 unspecified atom stereocenters. The van der Waals surface area contributed by atoms with Gasteiger partial charge in [-0.2, -0.15) is 0 Å². The molecule has 2 rings (SSSR count). The highest BCUT2D eigenvalue weighted by Gasteiger charge is 2.05. The molecule has 0 aliphatic rings. The van der Waals surface area contributed by atoms with Crippen LogP contribution in [0.3, 0.4) is 0 Å². The SMILES string of the molecule is NC(=NO)c1ccccc1CNc1ccc(I)cc1. The average Bonchev–Trinajstić information content (AvgIpc) is 2.46. The molecule has 2 aromatic carbocycles. The minimum Gasteiger partial charge on any atom is -0.409 e. The van der Waals surface area contributed by atoms with Crippen LogP contribution in [0, 0.1) is 3.57 Å². The molecule has 0 amide bonds. The van der Waals surface area contributed by atoms with Crippen LogP contribution in [0.25, 0.3) is 0 Å². The van der Waals surface area contributed by atoms with Gasteiger partial charge in [0.2, 0.25) is 0 Å². The fourth-order valence-electron chi connectivity index (χ4n) is 1.74. The van der Waals surface area contributed by atoms with Gasteiger partial charge < -0.3 is 16.3 Å². The maximum Gasteiger partial charge on any atom is 0.170 e. The molecule has 0 radical (unpaired) electrons. The van der Waals surface area contributed by atoms with E-state index in [1.54, 1.807) is 0 Å². The van der Waals surface area contributed by atoms with Crippen LogP contribution >= 0.6 is 22.6 Å². The summed E-state index contributed by atoms with van der Waals surface area (Å²) in [7, 11) is 0. The van der Waals surface area contributed by atoms with Gasteiger partial charge in [-0.1, -0.05) is 29.4 Å². The summed E-state index contributed by atoms with van der Waals surface area (Å²) in [6.45, 7) is 0.618. The van der Waals surface area contributed by atoms with Crippen molar-refractivity contribution in [2.45, 2.75) is 6.54 Å². The van der Waals surface area contributed by atoms with Crippen LogP contribution in [0.15, 0.2) is 53.7 Å². The Labute approximate surface area is 125 Å².